The van der Waals surface area contributed by atoms with E-state index in [-0.39, 0.29) is 0 Å². The molecule has 0 nitrogen and oxygen atoms in total. The van der Waals surface area contributed by atoms with Crippen molar-refractivity contribution in [2.24, 2.45) is 0 Å². The van der Waals surface area contributed by atoms with E-state index in [2.05, 4.69) is 22.9 Å². The summed E-state index contributed by atoms with van der Waals surface area (Å²) in [6.07, 6.45) is 12.9. The van der Waals surface area contributed by atoms with Crippen LogP contribution in [0.4, 0.5) is 0 Å². The highest BCUT2D eigenvalue weighted by Crippen LogP contribution is 2.11. The summed E-state index contributed by atoms with van der Waals surface area (Å²) in [6.45, 7) is 2.28. The largest absolute Gasteiger partial charge is 0.0936 e. The first-order valence-corrected chi connectivity index (χ1v) is 7.98. The molecule has 0 heterocycles. The number of hydrogen-bond acceptors (Lipinski definition) is 0. The Hall–Kier alpha value is 0.697. The van der Waals surface area contributed by atoms with E-state index in [4.69, 9.17) is 0 Å². The maximum atomic E-state index is 3.64. The van der Waals surface area contributed by atoms with Crippen LogP contribution in [0.15, 0.2) is 0 Å². The third kappa shape index (κ3) is 12.7. The average Bonchev–Trinajstić information content (AvgIpc) is 2.09. The maximum absolute atomic E-state index is 3.64. The van der Waals surface area contributed by atoms with Crippen LogP contribution in [0.2, 0.25) is 0 Å². The van der Waals surface area contributed by atoms with Crippen LogP contribution in [-0.2, 0) is 0 Å². The second kappa shape index (κ2) is 10.8. The summed E-state index contributed by atoms with van der Waals surface area (Å²) in [7, 11) is 1.31. The Morgan fingerprint density at radius 2 is 1.38 bits per heavy atom. The van der Waals surface area contributed by atoms with Crippen LogP contribution >= 0.6 is 15.9 Å². The van der Waals surface area contributed by atoms with Crippen molar-refractivity contribution in [1.29, 1.82) is 0 Å². The van der Waals surface area contributed by atoms with E-state index in [9.17, 15) is 0 Å². The minimum atomic E-state index is 0.854. The summed E-state index contributed by atoms with van der Waals surface area (Å²) < 4.78 is 0.854. The number of hydrogen-bond donors (Lipinski definition) is 0. The Balaban J connectivity index is 2.84. The van der Waals surface area contributed by atoms with Crippen LogP contribution in [0, 0.1) is 0 Å². The van der Waals surface area contributed by atoms with Crippen molar-refractivity contribution in [3.05, 3.63) is 0 Å². The molecule has 1 unspecified atom stereocenters. The summed E-state index contributed by atoms with van der Waals surface area (Å²) in [5, 5.41) is 0. The summed E-state index contributed by atoms with van der Waals surface area (Å²) in [5.74, 6) is 0. The van der Waals surface area contributed by atoms with Crippen LogP contribution in [0.25, 0.3) is 0 Å². The van der Waals surface area contributed by atoms with Gasteiger partial charge in [0.15, 0.2) is 0 Å². The molecule has 0 N–H and O–H groups in total. The molecular formula is C11H25BrSi. The Bertz CT molecular complexity index is 94.1. The maximum Gasteiger partial charge on any atom is 0.0201 e. The van der Waals surface area contributed by atoms with Gasteiger partial charge in [0.05, 0.1) is 0 Å². The molecule has 0 radical (unpaired) electrons. The highest BCUT2D eigenvalue weighted by atomic mass is 79.9. The minimum absolute atomic E-state index is 0.854. The van der Waals surface area contributed by atoms with Crippen molar-refractivity contribution in [3.63, 3.8) is 0 Å². The van der Waals surface area contributed by atoms with Gasteiger partial charge in [0, 0.05) is 10.2 Å². The second-order valence-electron chi connectivity index (χ2n) is 4.04. The monoisotopic (exact) mass is 264 g/mol. The Morgan fingerprint density at radius 3 is 1.85 bits per heavy atom. The van der Waals surface area contributed by atoms with Crippen molar-refractivity contribution < 1.29 is 0 Å². The predicted molar refractivity (Wildman–Crippen MR) is 69.9 cm³/mol. The number of unbranched alkanes of at least 4 members (excludes halogenated alkanes) is 7. The predicted octanol–water partition coefficient (Wildman–Crippen LogP) is 3.60. The smallest absolute Gasteiger partial charge is 0.0201 e. The third-order valence-corrected chi connectivity index (χ3v) is 3.49. The Kier molecular flexibility index (Phi) is 11.4. The van der Waals surface area contributed by atoms with Gasteiger partial charge in [0.1, 0.15) is 0 Å². The number of halogens is 1. The fraction of sp³-hybridized carbons (Fsp3) is 1.00. The van der Waals surface area contributed by atoms with Crippen molar-refractivity contribution in [2.75, 3.05) is 0 Å². The molecule has 0 spiro atoms. The van der Waals surface area contributed by atoms with Gasteiger partial charge in [-0.25, -0.2) is 0 Å². The zero-order chi connectivity index (χ0) is 9.94. The van der Waals surface area contributed by atoms with Gasteiger partial charge in [0.25, 0.3) is 0 Å². The first kappa shape index (κ1) is 13.7. The van der Waals surface area contributed by atoms with Crippen LogP contribution in [0.1, 0.15) is 64.7 Å². The lowest BCUT2D eigenvalue weighted by molar-refractivity contribution is 0.571. The standard InChI is InChI=1S/C11H25BrSi/c1-2-3-4-5-6-7-8-9-10-11(12)13/h11H,2-10H2,1,13H3. The molecule has 0 aliphatic rings. The van der Waals surface area contributed by atoms with E-state index in [0.717, 1.165) is 4.45 Å². The molecule has 2 heteroatoms. The molecule has 0 aliphatic carbocycles. The molecule has 0 bridgehead atoms. The van der Waals surface area contributed by atoms with Gasteiger partial charge in [-0.15, -0.1) is 0 Å². The lowest BCUT2D eigenvalue weighted by Gasteiger charge is -2.02. The van der Waals surface area contributed by atoms with Gasteiger partial charge in [-0.1, -0.05) is 74.2 Å². The van der Waals surface area contributed by atoms with Crippen molar-refractivity contribution in [3.8, 4) is 0 Å². The summed E-state index contributed by atoms with van der Waals surface area (Å²) in [4.78, 5) is 0. The van der Waals surface area contributed by atoms with Crippen LogP contribution < -0.4 is 0 Å². The van der Waals surface area contributed by atoms with Gasteiger partial charge in [-0.3, -0.25) is 0 Å². The SMILES string of the molecule is CCCCCCCCCCC([SiH3])Br. The topological polar surface area (TPSA) is 0 Å². The van der Waals surface area contributed by atoms with Gasteiger partial charge in [-0.05, 0) is 10.9 Å². The highest BCUT2D eigenvalue weighted by molar-refractivity contribution is 9.10. The van der Waals surface area contributed by atoms with E-state index >= 15 is 0 Å². The second-order valence-corrected chi connectivity index (χ2v) is 8.69. The van der Waals surface area contributed by atoms with E-state index in [1.165, 1.54) is 68.0 Å². The van der Waals surface area contributed by atoms with Crippen molar-refractivity contribution in [2.45, 2.75) is 69.2 Å². The minimum Gasteiger partial charge on any atom is -0.0936 e. The fourth-order valence-electron chi connectivity index (χ4n) is 1.56. The number of alkyl halides is 1. The molecule has 0 amide bonds. The molecule has 0 aromatic carbocycles. The molecular weight excluding hydrogens is 240 g/mol. The fourth-order valence-corrected chi connectivity index (χ4v) is 2.29. The Morgan fingerprint density at radius 1 is 0.923 bits per heavy atom. The normalized spacial score (nSPS) is 13.4. The van der Waals surface area contributed by atoms with Crippen LogP contribution in [-0.4, -0.2) is 14.7 Å². The first-order valence-electron chi connectivity index (χ1n) is 5.91. The molecule has 0 aromatic rings. The van der Waals surface area contributed by atoms with E-state index in [1.807, 2.05) is 0 Å². The molecule has 0 fully saturated rings. The van der Waals surface area contributed by atoms with E-state index in [0.29, 0.717) is 0 Å². The zero-order valence-corrected chi connectivity index (χ0v) is 12.9. The van der Waals surface area contributed by atoms with E-state index < -0.39 is 0 Å². The Labute approximate surface area is 95.4 Å². The molecule has 0 saturated carbocycles. The molecule has 0 rings (SSSR count). The summed E-state index contributed by atoms with van der Waals surface area (Å²) in [5.41, 5.74) is 0. The molecule has 0 saturated heterocycles. The highest BCUT2D eigenvalue weighted by Gasteiger charge is 1.95. The van der Waals surface area contributed by atoms with Gasteiger partial charge >= 0.3 is 0 Å². The first-order chi connectivity index (χ1) is 6.27. The van der Waals surface area contributed by atoms with Crippen molar-refractivity contribution >= 4 is 26.2 Å². The van der Waals surface area contributed by atoms with Crippen LogP contribution in [0.3, 0.4) is 0 Å². The van der Waals surface area contributed by atoms with Crippen LogP contribution in [0.5, 0.6) is 0 Å². The lowest BCUT2D eigenvalue weighted by atomic mass is 10.1. The summed E-state index contributed by atoms with van der Waals surface area (Å²) >= 11 is 3.64. The molecule has 0 aliphatic heterocycles. The molecule has 13 heavy (non-hydrogen) atoms. The molecule has 1 atom stereocenters. The quantitative estimate of drug-likeness (QED) is 0.339. The lowest BCUT2D eigenvalue weighted by Crippen LogP contribution is -1.94. The average molecular weight is 265 g/mol. The van der Waals surface area contributed by atoms with Gasteiger partial charge < -0.3 is 0 Å². The zero-order valence-electron chi connectivity index (χ0n) is 9.32. The number of rotatable bonds is 9. The van der Waals surface area contributed by atoms with Gasteiger partial charge in [0.2, 0.25) is 0 Å². The third-order valence-electron chi connectivity index (χ3n) is 2.46. The van der Waals surface area contributed by atoms with E-state index in [1.54, 1.807) is 0 Å². The summed E-state index contributed by atoms with van der Waals surface area (Å²) in [6, 6.07) is 0. The van der Waals surface area contributed by atoms with Crippen molar-refractivity contribution in [1.82, 2.24) is 0 Å². The van der Waals surface area contributed by atoms with Gasteiger partial charge in [-0.2, -0.15) is 0 Å². The molecule has 80 valence electrons. The molecule has 0 aromatic heterocycles.